The first-order valence-electron chi connectivity index (χ1n) is 11.9. The van der Waals surface area contributed by atoms with E-state index >= 15 is 4.39 Å². The molecule has 1 fully saturated rings. The first-order chi connectivity index (χ1) is 17.5. The highest BCUT2D eigenvalue weighted by Crippen LogP contribution is 2.41. The standard InChI is InChI=1S/C26H27BrFN7O2/c1-13-8-15-21-23(29)30-12-31-24(21)34(22(15)16(28)9-13)11-20(36)35-14(2)26(3,4)10-17(35)25(37)33-19-7-5-6-18(27)32-19/h5-9,12,14,17H,10-11H2,1-4H3,(H2,29,30,31)(H,32,33,37)/t14-,17+/m1/s1. The summed E-state index contributed by atoms with van der Waals surface area (Å²) in [6.45, 7) is 7.56. The molecule has 1 aliphatic rings. The van der Waals surface area contributed by atoms with Crippen molar-refractivity contribution in [2.45, 2.75) is 52.7 Å². The summed E-state index contributed by atoms with van der Waals surface area (Å²) in [5.41, 5.74) is 7.14. The zero-order valence-corrected chi connectivity index (χ0v) is 22.5. The van der Waals surface area contributed by atoms with E-state index in [-0.39, 0.29) is 41.2 Å². The fourth-order valence-corrected chi connectivity index (χ4v) is 5.58. The Bertz CT molecular complexity index is 1570. The van der Waals surface area contributed by atoms with Gasteiger partial charge in [-0.1, -0.05) is 19.9 Å². The number of anilines is 2. The van der Waals surface area contributed by atoms with Crippen LogP contribution >= 0.6 is 15.9 Å². The number of rotatable bonds is 4. The van der Waals surface area contributed by atoms with Gasteiger partial charge in [-0.2, -0.15) is 0 Å². The molecule has 1 aromatic carbocycles. The number of carbonyl (C=O) groups is 2. The zero-order valence-electron chi connectivity index (χ0n) is 20.9. The molecule has 0 unspecified atom stereocenters. The Morgan fingerprint density at radius 1 is 1.27 bits per heavy atom. The topological polar surface area (TPSA) is 119 Å². The van der Waals surface area contributed by atoms with Gasteiger partial charge in [0.15, 0.2) is 0 Å². The number of hydrogen-bond acceptors (Lipinski definition) is 6. The number of carbonyl (C=O) groups excluding carboxylic acids is 2. The number of likely N-dealkylation sites (tertiary alicyclic amines) is 1. The van der Waals surface area contributed by atoms with Crippen LogP contribution in [0.5, 0.6) is 0 Å². The number of pyridine rings is 1. The van der Waals surface area contributed by atoms with Crippen LogP contribution in [0.4, 0.5) is 16.0 Å². The lowest BCUT2D eigenvalue weighted by atomic mass is 9.84. The van der Waals surface area contributed by atoms with Crippen LogP contribution in [0.15, 0.2) is 41.3 Å². The van der Waals surface area contributed by atoms with E-state index in [4.69, 9.17) is 5.73 Å². The number of nitrogens with zero attached hydrogens (tertiary/aromatic N) is 5. The number of nitrogens with two attached hydrogens (primary N) is 1. The number of aryl methyl sites for hydroxylation is 1. The van der Waals surface area contributed by atoms with Crippen molar-refractivity contribution in [3.63, 3.8) is 0 Å². The molecule has 2 atom stereocenters. The predicted octanol–water partition coefficient (Wildman–Crippen LogP) is 4.43. The largest absolute Gasteiger partial charge is 0.383 e. The predicted molar refractivity (Wildman–Crippen MR) is 143 cm³/mol. The van der Waals surface area contributed by atoms with E-state index in [0.717, 1.165) is 0 Å². The molecule has 5 rings (SSSR count). The van der Waals surface area contributed by atoms with E-state index in [9.17, 15) is 9.59 Å². The van der Waals surface area contributed by atoms with Crippen molar-refractivity contribution < 1.29 is 14.0 Å². The van der Waals surface area contributed by atoms with Gasteiger partial charge < -0.3 is 20.5 Å². The van der Waals surface area contributed by atoms with E-state index in [1.54, 1.807) is 30.0 Å². The van der Waals surface area contributed by atoms with E-state index in [1.807, 2.05) is 26.8 Å². The quantitative estimate of drug-likeness (QED) is 0.352. The molecule has 192 valence electrons. The van der Waals surface area contributed by atoms with Crippen molar-refractivity contribution in [1.82, 2.24) is 24.4 Å². The SMILES string of the molecule is Cc1cc(F)c2c(c1)c1c(N)ncnc1n2CC(=O)N1[C@H](C(=O)Nc2cccc(Br)n2)CC(C)(C)[C@H]1C. The summed E-state index contributed by atoms with van der Waals surface area (Å²) < 4.78 is 17.4. The van der Waals surface area contributed by atoms with Gasteiger partial charge in [0.25, 0.3) is 0 Å². The second-order valence-corrected chi connectivity index (χ2v) is 11.0. The Morgan fingerprint density at radius 2 is 2.03 bits per heavy atom. The van der Waals surface area contributed by atoms with Gasteiger partial charge in [-0.3, -0.25) is 9.59 Å². The highest BCUT2D eigenvalue weighted by molar-refractivity contribution is 9.10. The smallest absolute Gasteiger partial charge is 0.248 e. The van der Waals surface area contributed by atoms with Gasteiger partial charge in [0.1, 0.15) is 46.6 Å². The molecule has 0 bridgehead atoms. The van der Waals surface area contributed by atoms with Crippen LogP contribution in [0, 0.1) is 18.2 Å². The lowest BCUT2D eigenvalue weighted by Gasteiger charge is -2.31. The summed E-state index contributed by atoms with van der Waals surface area (Å²) >= 11 is 3.31. The Kier molecular flexibility index (Phi) is 6.13. The molecule has 0 spiro atoms. The van der Waals surface area contributed by atoms with Crippen LogP contribution in [0.3, 0.4) is 0 Å². The molecule has 11 heteroatoms. The molecule has 3 N–H and O–H groups in total. The minimum absolute atomic E-state index is 0.209. The van der Waals surface area contributed by atoms with Crippen LogP contribution in [0.25, 0.3) is 21.9 Å². The summed E-state index contributed by atoms with van der Waals surface area (Å²) in [7, 11) is 0. The highest BCUT2D eigenvalue weighted by atomic mass is 79.9. The number of nitrogens with one attached hydrogen (secondary N) is 1. The number of benzene rings is 1. The van der Waals surface area contributed by atoms with E-state index in [1.165, 1.54) is 17.0 Å². The fourth-order valence-electron chi connectivity index (χ4n) is 5.24. The third-order valence-electron chi connectivity index (χ3n) is 7.31. The summed E-state index contributed by atoms with van der Waals surface area (Å²) in [4.78, 5) is 41.5. The number of fused-ring (bicyclic) bond motifs is 3. The zero-order chi connectivity index (χ0) is 26.6. The summed E-state index contributed by atoms with van der Waals surface area (Å²) in [5.74, 6) is -0.537. The normalized spacial score (nSPS) is 19.0. The van der Waals surface area contributed by atoms with Crippen LogP contribution in [0.2, 0.25) is 0 Å². The molecule has 3 aromatic heterocycles. The maximum atomic E-state index is 15.3. The maximum Gasteiger partial charge on any atom is 0.248 e. The molecule has 2 amide bonds. The first-order valence-corrected chi connectivity index (χ1v) is 12.7. The van der Waals surface area contributed by atoms with Crippen LogP contribution in [-0.2, 0) is 16.1 Å². The van der Waals surface area contributed by atoms with Gasteiger partial charge in [-0.05, 0) is 71.4 Å². The van der Waals surface area contributed by atoms with Gasteiger partial charge >= 0.3 is 0 Å². The van der Waals surface area contributed by atoms with Crippen molar-refractivity contribution in [2.24, 2.45) is 5.41 Å². The average molecular weight is 568 g/mol. The van der Waals surface area contributed by atoms with Crippen molar-refractivity contribution in [3.8, 4) is 0 Å². The molecule has 0 radical (unpaired) electrons. The molecular formula is C26H27BrFN7O2. The van der Waals surface area contributed by atoms with Gasteiger partial charge in [0.2, 0.25) is 11.8 Å². The third-order valence-corrected chi connectivity index (χ3v) is 7.75. The number of aromatic nitrogens is 4. The molecule has 0 aliphatic carbocycles. The monoisotopic (exact) mass is 567 g/mol. The van der Waals surface area contributed by atoms with E-state index in [0.29, 0.717) is 38.8 Å². The minimum atomic E-state index is -0.724. The summed E-state index contributed by atoms with van der Waals surface area (Å²) in [5, 5.41) is 3.87. The van der Waals surface area contributed by atoms with Crippen molar-refractivity contribution in [3.05, 3.63) is 52.6 Å². The maximum absolute atomic E-state index is 15.3. The van der Waals surface area contributed by atoms with Crippen LogP contribution in [0.1, 0.15) is 32.8 Å². The second kappa shape index (κ2) is 9.05. The number of hydrogen-bond donors (Lipinski definition) is 2. The molecule has 9 nitrogen and oxygen atoms in total. The Hall–Kier alpha value is -3.60. The van der Waals surface area contributed by atoms with Gasteiger partial charge in [0, 0.05) is 11.4 Å². The Balaban J connectivity index is 1.54. The molecule has 0 saturated carbocycles. The van der Waals surface area contributed by atoms with E-state index < -0.39 is 11.9 Å². The number of nitrogen functional groups attached to an aromatic ring is 1. The van der Waals surface area contributed by atoms with Crippen molar-refractivity contribution in [2.75, 3.05) is 11.1 Å². The number of halogens is 2. The highest BCUT2D eigenvalue weighted by Gasteiger charge is 2.49. The molecule has 37 heavy (non-hydrogen) atoms. The Labute approximate surface area is 221 Å². The molecule has 4 heterocycles. The average Bonchev–Trinajstić information content (AvgIpc) is 3.25. The van der Waals surface area contributed by atoms with Gasteiger partial charge in [-0.25, -0.2) is 19.3 Å². The summed E-state index contributed by atoms with van der Waals surface area (Å²) in [6, 6.07) is 7.46. The van der Waals surface area contributed by atoms with Crippen molar-refractivity contribution >= 4 is 61.3 Å². The lowest BCUT2D eigenvalue weighted by molar-refractivity contribution is -0.139. The number of amides is 2. The van der Waals surface area contributed by atoms with Crippen LogP contribution in [-0.4, -0.2) is 48.3 Å². The van der Waals surface area contributed by atoms with Crippen LogP contribution < -0.4 is 11.1 Å². The fraction of sp³-hybridized carbons (Fsp3) is 0.346. The molecule has 1 aliphatic heterocycles. The van der Waals surface area contributed by atoms with Gasteiger partial charge in [0.05, 0.1) is 10.9 Å². The minimum Gasteiger partial charge on any atom is -0.383 e. The molecular weight excluding hydrogens is 541 g/mol. The van der Waals surface area contributed by atoms with E-state index in [2.05, 4.69) is 36.2 Å². The molecule has 1 saturated heterocycles. The summed E-state index contributed by atoms with van der Waals surface area (Å²) in [6.07, 6.45) is 1.76. The van der Waals surface area contributed by atoms with Gasteiger partial charge in [-0.15, -0.1) is 0 Å². The third kappa shape index (κ3) is 4.30. The molecule has 4 aromatic rings. The second-order valence-electron chi connectivity index (χ2n) is 10.2. The Morgan fingerprint density at radius 3 is 2.76 bits per heavy atom. The first kappa shape index (κ1) is 25.1. The lowest BCUT2D eigenvalue weighted by Crippen LogP contribution is -2.48. The van der Waals surface area contributed by atoms with Crippen molar-refractivity contribution in [1.29, 1.82) is 0 Å².